The van der Waals surface area contributed by atoms with Gasteiger partial charge in [0, 0.05) is 42.7 Å². The molecule has 0 saturated carbocycles. The van der Waals surface area contributed by atoms with Gasteiger partial charge in [0.1, 0.15) is 0 Å². The van der Waals surface area contributed by atoms with Gasteiger partial charge in [-0.3, -0.25) is 0 Å². The zero-order valence-corrected chi connectivity index (χ0v) is 35.1. The number of thiophene rings is 1. The maximum absolute atomic E-state index is 2.39. The molecule has 0 aliphatic heterocycles. The molecule has 0 amide bonds. The maximum atomic E-state index is 2.39. The monoisotopic (exact) mass is 818 g/mol. The van der Waals surface area contributed by atoms with E-state index < -0.39 is 0 Å². The fraction of sp³-hybridized carbons (Fsp3) is 0. The molecule has 294 valence electrons. The van der Waals surface area contributed by atoms with Gasteiger partial charge in [0.15, 0.2) is 0 Å². The molecule has 2 nitrogen and oxygen atoms in total. The minimum Gasteiger partial charge on any atom is -0.309 e. The van der Waals surface area contributed by atoms with Crippen molar-refractivity contribution in [2.45, 2.75) is 0 Å². The van der Waals surface area contributed by atoms with Crippen molar-refractivity contribution in [1.82, 2.24) is 9.13 Å². The number of para-hydroxylation sites is 4. The van der Waals surface area contributed by atoms with Crippen LogP contribution in [0.25, 0.3) is 120 Å². The largest absolute Gasteiger partial charge is 0.309 e. The number of fused-ring (bicyclic) bond motifs is 8. The van der Waals surface area contributed by atoms with Crippen molar-refractivity contribution in [3.63, 3.8) is 0 Å². The van der Waals surface area contributed by atoms with Gasteiger partial charge in [-0.1, -0.05) is 146 Å². The van der Waals surface area contributed by atoms with Crippen LogP contribution < -0.4 is 0 Å². The van der Waals surface area contributed by atoms with Crippen LogP contribution in [0.15, 0.2) is 231 Å². The minimum absolute atomic E-state index is 1.17. The van der Waals surface area contributed by atoms with E-state index >= 15 is 0 Å². The summed E-state index contributed by atoms with van der Waals surface area (Å²) in [6.07, 6.45) is 0. The lowest BCUT2D eigenvalue weighted by molar-refractivity contribution is 1.18. The lowest BCUT2D eigenvalue weighted by Gasteiger charge is -2.10. The molecule has 13 aromatic rings. The van der Waals surface area contributed by atoms with Crippen LogP contribution in [0.1, 0.15) is 0 Å². The average Bonchev–Trinajstić information content (AvgIpc) is 4.07. The van der Waals surface area contributed by atoms with Gasteiger partial charge in [0.2, 0.25) is 0 Å². The molecule has 0 radical (unpaired) electrons. The SMILES string of the molecule is c1ccc(-n2c3ccccc3c3ccc(-c4ccc5cc(-c6ccc(-c7ccc8cc(-c9ccc%10c%11ccccc%11n(-c%11ccccc%11)c%10c9)ccc8c7)s6)ccc5c4)cc32)cc1. The number of hydrogen-bond acceptors (Lipinski definition) is 1. The molecule has 0 saturated heterocycles. The van der Waals surface area contributed by atoms with Crippen molar-refractivity contribution in [3.8, 4) is 54.5 Å². The summed E-state index contributed by atoms with van der Waals surface area (Å²) in [6, 6.07) is 84.7. The molecule has 0 unspecified atom stereocenters. The standard InChI is InChI=1S/C60H38N2S/c1-3-11-49(12-4-1)61-55-17-9-7-15-51(55)53-29-27-45(37-57(53)61)41-19-21-43-35-47(25-23-39(43)33-41)59-31-32-60(63-59)48-26-24-40-34-42(20-22-44(40)36-48)46-28-30-54-52-16-8-10-18-56(52)62(58(54)38-46)50-13-5-2-6-14-50/h1-38H. The molecule has 0 aliphatic rings. The summed E-state index contributed by atoms with van der Waals surface area (Å²) in [6.45, 7) is 0. The molecule has 0 atom stereocenters. The van der Waals surface area contributed by atoms with E-state index in [4.69, 9.17) is 0 Å². The second-order valence-electron chi connectivity index (χ2n) is 16.6. The highest BCUT2D eigenvalue weighted by atomic mass is 32.1. The van der Waals surface area contributed by atoms with Crippen LogP contribution in [-0.4, -0.2) is 9.13 Å². The van der Waals surface area contributed by atoms with Gasteiger partial charge in [0.05, 0.1) is 22.1 Å². The van der Waals surface area contributed by atoms with E-state index in [1.54, 1.807) is 0 Å². The Morgan fingerprint density at radius 3 is 1.02 bits per heavy atom. The zero-order valence-electron chi connectivity index (χ0n) is 34.2. The number of hydrogen-bond donors (Lipinski definition) is 0. The molecular weight excluding hydrogens is 781 g/mol. The first-order chi connectivity index (χ1) is 31.2. The molecule has 10 aromatic carbocycles. The van der Waals surface area contributed by atoms with Crippen molar-refractivity contribution in [2.24, 2.45) is 0 Å². The summed E-state index contributed by atoms with van der Waals surface area (Å²) in [5.41, 5.74) is 14.6. The van der Waals surface area contributed by atoms with E-state index in [1.807, 2.05) is 11.3 Å². The van der Waals surface area contributed by atoms with E-state index in [9.17, 15) is 0 Å². The third kappa shape index (κ3) is 5.93. The van der Waals surface area contributed by atoms with E-state index in [0.29, 0.717) is 0 Å². The normalized spacial score (nSPS) is 11.8. The Hall–Kier alpha value is -7.98. The van der Waals surface area contributed by atoms with Crippen molar-refractivity contribution in [1.29, 1.82) is 0 Å². The van der Waals surface area contributed by atoms with Crippen LogP contribution in [0.3, 0.4) is 0 Å². The Kier molecular flexibility index (Phi) is 8.12. The fourth-order valence-electron chi connectivity index (χ4n) is 9.82. The third-order valence-corrected chi connectivity index (χ3v) is 14.1. The molecule has 0 aliphatic carbocycles. The van der Waals surface area contributed by atoms with Crippen molar-refractivity contribution in [2.75, 3.05) is 0 Å². The molecule has 0 N–H and O–H groups in total. The first-order valence-corrected chi connectivity index (χ1v) is 22.4. The molecule has 3 aromatic heterocycles. The Labute approximate surface area is 368 Å². The van der Waals surface area contributed by atoms with E-state index in [2.05, 4.69) is 240 Å². The van der Waals surface area contributed by atoms with Crippen LogP contribution in [0.4, 0.5) is 0 Å². The summed E-state index contributed by atoms with van der Waals surface area (Å²) in [7, 11) is 0. The molecule has 0 spiro atoms. The number of aromatic nitrogens is 2. The van der Waals surface area contributed by atoms with E-state index in [-0.39, 0.29) is 0 Å². The smallest absolute Gasteiger partial charge is 0.0547 e. The van der Waals surface area contributed by atoms with Crippen molar-refractivity contribution in [3.05, 3.63) is 231 Å². The third-order valence-electron chi connectivity index (χ3n) is 12.9. The van der Waals surface area contributed by atoms with Crippen molar-refractivity contribution < 1.29 is 0 Å². The van der Waals surface area contributed by atoms with Crippen LogP contribution in [-0.2, 0) is 0 Å². The highest BCUT2D eigenvalue weighted by Crippen LogP contribution is 2.40. The van der Waals surface area contributed by atoms with Crippen LogP contribution in [0, 0.1) is 0 Å². The second-order valence-corrected chi connectivity index (χ2v) is 17.6. The summed E-state index contributed by atoms with van der Waals surface area (Å²) in [5, 5.41) is 10.1. The molecule has 13 rings (SSSR count). The number of rotatable bonds is 6. The molecule has 0 fully saturated rings. The zero-order chi connectivity index (χ0) is 41.4. The summed E-state index contributed by atoms with van der Waals surface area (Å²) < 4.78 is 4.78. The van der Waals surface area contributed by atoms with Gasteiger partial charge >= 0.3 is 0 Å². The highest BCUT2D eigenvalue weighted by molar-refractivity contribution is 7.18. The second kappa shape index (κ2) is 14.3. The molecular formula is C60H38N2S. The predicted molar refractivity (Wildman–Crippen MR) is 270 cm³/mol. The Bertz CT molecular complexity index is 3650. The van der Waals surface area contributed by atoms with E-state index in [0.717, 1.165) is 0 Å². The Balaban J connectivity index is 0.790. The molecule has 0 bridgehead atoms. The number of nitrogens with zero attached hydrogens (tertiary/aromatic N) is 2. The van der Waals surface area contributed by atoms with Crippen LogP contribution in [0.5, 0.6) is 0 Å². The van der Waals surface area contributed by atoms with Gasteiger partial charge in [-0.25, -0.2) is 0 Å². The summed E-state index contributed by atoms with van der Waals surface area (Å²) in [5.74, 6) is 0. The highest BCUT2D eigenvalue weighted by Gasteiger charge is 2.16. The Morgan fingerprint density at radius 1 is 0.238 bits per heavy atom. The minimum atomic E-state index is 1.17. The van der Waals surface area contributed by atoms with Crippen LogP contribution >= 0.6 is 11.3 Å². The molecule has 3 heteroatoms. The predicted octanol–water partition coefficient (Wildman–Crippen LogP) is 16.9. The average molecular weight is 819 g/mol. The van der Waals surface area contributed by atoms with E-state index in [1.165, 1.54) is 120 Å². The van der Waals surface area contributed by atoms with Gasteiger partial charge in [-0.2, -0.15) is 0 Å². The van der Waals surface area contributed by atoms with Gasteiger partial charge < -0.3 is 9.13 Å². The summed E-state index contributed by atoms with van der Waals surface area (Å²) >= 11 is 1.86. The fourth-order valence-corrected chi connectivity index (χ4v) is 10.8. The summed E-state index contributed by atoms with van der Waals surface area (Å²) in [4.78, 5) is 2.54. The topological polar surface area (TPSA) is 9.86 Å². The van der Waals surface area contributed by atoms with Gasteiger partial charge in [0.25, 0.3) is 0 Å². The molecule has 63 heavy (non-hydrogen) atoms. The molecule has 3 heterocycles. The first kappa shape index (κ1) is 35.7. The lowest BCUT2D eigenvalue weighted by Crippen LogP contribution is -1.93. The first-order valence-electron chi connectivity index (χ1n) is 21.6. The van der Waals surface area contributed by atoms with Crippen molar-refractivity contribution >= 4 is 76.5 Å². The number of benzene rings is 10. The van der Waals surface area contributed by atoms with Gasteiger partial charge in [-0.15, -0.1) is 11.3 Å². The quantitative estimate of drug-likeness (QED) is 0.158. The van der Waals surface area contributed by atoms with Gasteiger partial charge in [-0.05, 0) is 140 Å². The Morgan fingerprint density at radius 2 is 0.571 bits per heavy atom. The maximum Gasteiger partial charge on any atom is 0.0547 e. The lowest BCUT2D eigenvalue weighted by atomic mass is 9.98. The van der Waals surface area contributed by atoms with Crippen LogP contribution in [0.2, 0.25) is 0 Å².